The Hall–Kier alpha value is -1.40. The van der Waals surface area contributed by atoms with E-state index in [4.69, 9.17) is 37.2 Å². The van der Waals surface area contributed by atoms with E-state index in [1.165, 1.54) is 0 Å². The summed E-state index contributed by atoms with van der Waals surface area (Å²) in [6.45, 7) is 3.59. The molecule has 29 heavy (non-hydrogen) atoms. The summed E-state index contributed by atoms with van der Waals surface area (Å²) < 4.78 is 17.6. The van der Waals surface area contributed by atoms with Gasteiger partial charge in [0.15, 0.2) is 0 Å². The summed E-state index contributed by atoms with van der Waals surface area (Å²) >= 11 is 12.9. The molecule has 1 saturated carbocycles. The molecule has 2 fully saturated rings. The summed E-state index contributed by atoms with van der Waals surface area (Å²) in [6.07, 6.45) is 4.61. The summed E-state index contributed by atoms with van der Waals surface area (Å²) in [5.74, 6) is 1.47. The van der Waals surface area contributed by atoms with Crippen LogP contribution >= 0.6 is 23.2 Å². The second kappa shape index (κ2) is 9.17. The van der Waals surface area contributed by atoms with Crippen LogP contribution in [0.15, 0.2) is 22.7 Å². The molecular weight excluding hydrogens is 413 g/mol. The summed E-state index contributed by atoms with van der Waals surface area (Å²) in [7, 11) is 0. The number of carbonyl (C=O) groups excluding carboxylic acids is 1. The number of hydrogen-bond acceptors (Lipinski definition) is 5. The molecule has 1 saturated heterocycles. The van der Waals surface area contributed by atoms with E-state index in [0.29, 0.717) is 59.4 Å². The molecule has 0 N–H and O–H groups in total. The minimum Gasteiger partial charge on any atom is -0.380 e. The SMILES string of the molecule is CC1COCC(C=O)C[C@@H](OCc2c(-c3c(Cl)cccc3Cl)noc2C2CC2)C1. The second-order valence-corrected chi connectivity index (χ2v) is 9.00. The first kappa shape index (κ1) is 20.9. The van der Waals surface area contributed by atoms with E-state index in [2.05, 4.69) is 12.1 Å². The van der Waals surface area contributed by atoms with Crippen molar-refractivity contribution in [3.63, 3.8) is 0 Å². The van der Waals surface area contributed by atoms with E-state index >= 15 is 0 Å². The fourth-order valence-electron chi connectivity index (χ4n) is 3.92. The van der Waals surface area contributed by atoms with E-state index < -0.39 is 0 Å². The minimum absolute atomic E-state index is 0.0272. The first-order chi connectivity index (χ1) is 14.1. The van der Waals surface area contributed by atoms with Crippen LogP contribution in [0.5, 0.6) is 0 Å². The van der Waals surface area contributed by atoms with Crippen molar-refractivity contribution in [1.82, 2.24) is 5.16 Å². The highest BCUT2D eigenvalue weighted by Gasteiger charge is 2.34. The standard InChI is InChI=1S/C22H25Cl2NO4/c1-13-7-16(8-14(9-26)11-27-10-13)28-12-17-21(25-29-22(17)15-5-6-15)20-18(23)3-2-4-19(20)24/h2-4,9,13-16H,5-8,10-12H2,1H3/t13?,14?,16-/m0/s1. The zero-order chi connectivity index (χ0) is 20.4. The monoisotopic (exact) mass is 437 g/mol. The Morgan fingerprint density at radius 1 is 1.21 bits per heavy atom. The highest BCUT2D eigenvalue weighted by atomic mass is 35.5. The average Bonchev–Trinajstić information content (AvgIpc) is 3.44. The van der Waals surface area contributed by atoms with Gasteiger partial charge in [0, 0.05) is 29.6 Å². The van der Waals surface area contributed by atoms with Crippen molar-refractivity contribution in [1.29, 1.82) is 0 Å². The van der Waals surface area contributed by atoms with Gasteiger partial charge in [-0.25, -0.2) is 0 Å². The number of aromatic nitrogens is 1. The van der Waals surface area contributed by atoms with Gasteiger partial charge in [-0.1, -0.05) is 41.3 Å². The van der Waals surface area contributed by atoms with Crippen molar-refractivity contribution in [3.05, 3.63) is 39.6 Å². The number of halogens is 2. The van der Waals surface area contributed by atoms with E-state index in [9.17, 15) is 4.79 Å². The third-order valence-electron chi connectivity index (χ3n) is 5.59. The van der Waals surface area contributed by atoms with Gasteiger partial charge < -0.3 is 18.8 Å². The first-order valence-corrected chi connectivity index (χ1v) is 10.9. The molecule has 4 rings (SSSR count). The van der Waals surface area contributed by atoms with Gasteiger partial charge in [-0.05, 0) is 43.7 Å². The maximum absolute atomic E-state index is 11.4. The quantitative estimate of drug-likeness (QED) is 0.544. The lowest BCUT2D eigenvalue weighted by molar-refractivity contribution is -0.116. The Balaban J connectivity index is 1.59. The normalized spacial score (nSPS) is 25.4. The van der Waals surface area contributed by atoms with Crippen LogP contribution in [0.2, 0.25) is 10.0 Å². The Morgan fingerprint density at radius 3 is 2.66 bits per heavy atom. The largest absolute Gasteiger partial charge is 0.380 e. The van der Waals surface area contributed by atoms with E-state index in [1.54, 1.807) is 12.1 Å². The summed E-state index contributed by atoms with van der Waals surface area (Å²) in [5, 5.41) is 5.38. The average molecular weight is 438 g/mol. The maximum Gasteiger partial charge on any atom is 0.145 e. The summed E-state index contributed by atoms with van der Waals surface area (Å²) in [5.41, 5.74) is 2.24. The third kappa shape index (κ3) is 4.85. The van der Waals surface area contributed by atoms with Crippen molar-refractivity contribution < 1.29 is 18.8 Å². The number of ether oxygens (including phenoxy) is 2. The van der Waals surface area contributed by atoms with Crippen LogP contribution in [0.1, 0.15) is 49.8 Å². The molecule has 2 unspecified atom stereocenters. The highest BCUT2D eigenvalue weighted by Crippen LogP contribution is 2.46. The van der Waals surface area contributed by atoms with Gasteiger partial charge >= 0.3 is 0 Å². The first-order valence-electron chi connectivity index (χ1n) is 10.1. The maximum atomic E-state index is 11.4. The molecule has 2 heterocycles. The topological polar surface area (TPSA) is 61.6 Å². The minimum atomic E-state index is -0.143. The van der Waals surface area contributed by atoms with Crippen LogP contribution in [0.4, 0.5) is 0 Å². The van der Waals surface area contributed by atoms with Crippen LogP contribution in [-0.2, 0) is 20.9 Å². The van der Waals surface area contributed by atoms with Crippen molar-refractivity contribution in [3.8, 4) is 11.3 Å². The molecule has 0 amide bonds. The lowest BCUT2D eigenvalue weighted by Gasteiger charge is -2.27. The molecule has 0 spiro atoms. The smallest absolute Gasteiger partial charge is 0.145 e. The number of hydrogen-bond donors (Lipinski definition) is 0. The number of aldehydes is 1. The lowest BCUT2D eigenvalue weighted by Crippen LogP contribution is -2.28. The van der Waals surface area contributed by atoms with Crippen molar-refractivity contribution in [2.45, 2.75) is 51.2 Å². The Bertz CT molecular complexity index is 844. The van der Waals surface area contributed by atoms with Gasteiger partial charge in [-0.3, -0.25) is 0 Å². The van der Waals surface area contributed by atoms with E-state index in [1.807, 2.05) is 6.07 Å². The zero-order valence-electron chi connectivity index (χ0n) is 16.4. The van der Waals surface area contributed by atoms with Crippen LogP contribution in [0.3, 0.4) is 0 Å². The molecular formula is C22H25Cl2NO4. The van der Waals surface area contributed by atoms with Gasteiger partial charge in [-0.15, -0.1) is 0 Å². The van der Waals surface area contributed by atoms with Gasteiger partial charge in [0.25, 0.3) is 0 Å². The highest BCUT2D eigenvalue weighted by molar-refractivity contribution is 6.39. The molecule has 1 aromatic heterocycles. The number of rotatable bonds is 6. The fraction of sp³-hybridized carbons (Fsp3) is 0.545. The summed E-state index contributed by atoms with van der Waals surface area (Å²) in [4.78, 5) is 11.4. The van der Waals surface area contributed by atoms with Crippen LogP contribution in [0.25, 0.3) is 11.3 Å². The molecule has 1 aliphatic heterocycles. The Kier molecular flexibility index (Phi) is 6.60. The molecule has 2 aromatic rings. The molecule has 0 radical (unpaired) electrons. The predicted molar refractivity (Wildman–Crippen MR) is 111 cm³/mol. The second-order valence-electron chi connectivity index (χ2n) is 8.19. The Labute approximate surface area is 180 Å². The van der Waals surface area contributed by atoms with Crippen molar-refractivity contribution >= 4 is 29.5 Å². The molecule has 5 nitrogen and oxygen atoms in total. The van der Waals surface area contributed by atoms with E-state index in [0.717, 1.165) is 36.9 Å². The van der Waals surface area contributed by atoms with Crippen molar-refractivity contribution in [2.75, 3.05) is 13.2 Å². The summed E-state index contributed by atoms with van der Waals surface area (Å²) in [6, 6.07) is 5.40. The van der Waals surface area contributed by atoms with Crippen LogP contribution < -0.4 is 0 Å². The molecule has 1 aliphatic carbocycles. The van der Waals surface area contributed by atoms with Gasteiger partial charge in [-0.2, -0.15) is 0 Å². The van der Waals surface area contributed by atoms with Crippen LogP contribution in [0, 0.1) is 11.8 Å². The van der Waals surface area contributed by atoms with Gasteiger partial charge in [0.1, 0.15) is 17.7 Å². The predicted octanol–water partition coefficient (Wildman–Crippen LogP) is 5.67. The molecule has 3 atom stereocenters. The van der Waals surface area contributed by atoms with Gasteiger partial charge in [0.2, 0.25) is 0 Å². The number of carbonyl (C=O) groups is 1. The van der Waals surface area contributed by atoms with E-state index in [-0.39, 0.29) is 12.0 Å². The molecule has 156 valence electrons. The molecule has 1 aromatic carbocycles. The third-order valence-corrected chi connectivity index (χ3v) is 6.22. The zero-order valence-corrected chi connectivity index (χ0v) is 17.9. The molecule has 0 bridgehead atoms. The molecule has 2 aliphatic rings. The Morgan fingerprint density at radius 2 is 1.97 bits per heavy atom. The molecule has 7 heteroatoms. The van der Waals surface area contributed by atoms with Crippen molar-refractivity contribution in [2.24, 2.45) is 11.8 Å². The fourth-order valence-corrected chi connectivity index (χ4v) is 4.50. The lowest BCUT2D eigenvalue weighted by atomic mass is 9.94. The number of benzene rings is 1. The van der Waals surface area contributed by atoms with Crippen LogP contribution in [-0.4, -0.2) is 30.8 Å². The van der Waals surface area contributed by atoms with Gasteiger partial charge in [0.05, 0.1) is 29.4 Å². The number of nitrogens with zero attached hydrogens (tertiary/aromatic N) is 1.